The number of halogens is 1. The van der Waals surface area contributed by atoms with Gasteiger partial charge in [-0.2, -0.15) is 0 Å². The molecule has 6 heteroatoms. The van der Waals surface area contributed by atoms with E-state index in [-0.39, 0.29) is 11.3 Å². The number of nitrogens with zero attached hydrogens (tertiary/aromatic N) is 1. The highest BCUT2D eigenvalue weighted by atomic mass is 35.5. The maximum absolute atomic E-state index is 13.7. The first-order valence-electron chi connectivity index (χ1n) is 10.2. The number of methoxy groups -OCH3 is 1. The summed E-state index contributed by atoms with van der Waals surface area (Å²) in [5.41, 5.74) is 4.94. The van der Waals surface area contributed by atoms with Crippen LogP contribution in [0.4, 0.5) is 11.4 Å². The van der Waals surface area contributed by atoms with E-state index in [1.165, 1.54) is 12.0 Å². The van der Waals surface area contributed by atoms with Crippen molar-refractivity contribution in [2.45, 2.75) is 20.8 Å². The summed E-state index contributed by atoms with van der Waals surface area (Å²) in [6, 6.07) is 18.2. The molecule has 0 atom stereocenters. The fraction of sp³-hybridized carbons (Fsp3) is 0.154. The predicted molar refractivity (Wildman–Crippen MR) is 128 cm³/mol. The van der Waals surface area contributed by atoms with Crippen LogP contribution in [-0.4, -0.2) is 18.9 Å². The Labute approximate surface area is 192 Å². The number of amides is 2. The van der Waals surface area contributed by atoms with Crippen molar-refractivity contribution in [3.8, 4) is 5.75 Å². The summed E-state index contributed by atoms with van der Waals surface area (Å²) >= 11 is 6.29. The summed E-state index contributed by atoms with van der Waals surface area (Å²) in [5, 5.41) is 3.71. The second kappa shape index (κ2) is 8.52. The maximum Gasteiger partial charge on any atom is 0.282 e. The average molecular weight is 447 g/mol. The smallest absolute Gasteiger partial charge is 0.282 e. The van der Waals surface area contributed by atoms with Gasteiger partial charge in [-0.3, -0.25) is 9.59 Å². The third-order valence-electron chi connectivity index (χ3n) is 5.58. The molecule has 162 valence electrons. The van der Waals surface area contributed by atoms with Crippen LogP contribution >= 0.6 is 11.6 Å². The van der Waals surface area contributed by atoms with Crippen LogP contribution in [0.1, 0.15) is 22.3 Å². The van der Waals surface area contributed by atoms with Gasteiger partial charge in [-0.1, -0.05) is 53.6 Å². The summed E-state index contributed by atoms with van der Waals surface area (Å²) < 4.78 is 5.50. The second-order valence-corrected chi connectivity index (χ2v) is 8.13. The highest BCUT2D eigenvalue weighted by Gasteiger charge is 2.42. The van der Waals surface area contributed by atoms with E-state index < -0.39 is 11.8 Å². The zero-order valence-corrected chi connectivity index (χ0v) is 19.1. The Morgan fingerprint density at radius 3 is 2.38 bits per heavy atom. The molecular formula is C26H23ClN2O3. The lowest BCUT2D eigenvalue weighted by Crippen LogP contribution is -2.33. The standard InChI is InChI=1S/C26H23ClN2O3/c1-15-12-13-20(16(2)14-15)28-24-23(18-8-5-6-11-22(18)32-4)25(30)29(26(24)31)21-10-7-9-19(27)17(21)3/h5-14,28H,1-4H3. The zero-order valence-electron chi connectivity index (χ0n) is 18.3. The highest BCUT2D eigenvalue weighted by Crippen LogP contribution is 2.39. The summed E-state index contributed by atoms with van der Waals surface area (Å²) in [4.78, 5) is 28.5. The maximum atomic E-state index is 13.7. The van der Waals surface area contributed by atoms with E-state index >= 15 is 0 Å². The van der Waals surface area contributed by atoms with E-state index in [0.717, 1.165) is 16.8 Å². The third kappa shape index (κ3) is 3.65. The van der Waals surface area contributed by atoms with E-state index in [2.05, 4.69) is 5.32 Å². The van der Waals surface area contributed by atoms with Crippen LogP contribution < -0.4 is 15.0 Å². The Morgan fingerprint density at radius 2 is 1.66 bits per heavy atom. The molecule has 32 heavy (non-hydrogen) atoms. The molecule has 1 aliphatic rings. The quantitative estimate of drug-likeness (QED) is 0.513. The lowest BCUT2D eigenvalue weighted by atomic mass is 10.0. The highest BCUT2D eigenvalue weighted by molar-refractivity contribution is 6.47. The second-order valence-electron chi connectivity index (χ2n) is 7.72. The van der Waals surface area contributed by atoms with E-state index in [1.807, 2.05) is 44.2 Å². The van der Waals surface area contributed by atoms with Gasteiger partial charge in [-0.05, 0) is 56.2 Å². The molecule has 5 nitrogen and oxygen atoms in total. The van der Waals surface area contributed by atoms with E-state index in [0.29, 0.717) is 27.6 Å². The Bertz CT molecular complexity index is 1280. The molecule has 4 rings (SSSR count). The number of carbonyl (C=O) groups excluding carboxylic acids is 2. The van der Waals surface area contributed by atoms with Crippen molar-refractivity contribution < 1.29 is 14.3 Å². The lowest BCUT2D eigenvalue weighted by Gasteiger charge is -2.19. The van der Waals surface area contributed by atoms with Gasteiger partial charge in [0.05, 0.1) is 18.4 Å². The number of carbonyl (C=O) groups is 2. The van der Waals surface area contributed by atoms with E-state index in [1.54, 1.807) is 37.3 Å². The van der Waals surface area contributed by atoms with Crippen LogP contribution in [0.5, 0.6) is 5.75 Å². The van der Waals surface area contributed by atoms with Crippen LogP contribution in [0.25, 0.3) is 5.57 Å². The molecule has 3 aromatic rings. The Balaban J connectivity index is 1.91. The Hall–Kier alpha value is -3.57. The van der Waals surface area contributed by atoms with Gasteiger partial charge in [-0.15, -0.1) is 0 Å². The first-order valence-corrected chi connectivity index (χ1v) is 10.6. The van der Waals surface area contributed by atoms with Crippen molar-refractivity contribution >= 4 is 40.4 Å². The zero-order chi connectivity index (χ0) is 23.0. The molecule has 0 aliphatic carbocycles. The summed E-state index contributed by atoms with van der Waals surface area (Å²) in [7, 11) is 1.54. The van der Waals surface area contributed by atoms with Crippen molar-refractivity contribution in [1.82, 2.24) is 0 Å². The summed E-state index contributed by atoms with van der Waals surface area (Å²) in [5.74, 6) is -0.369. The van der Waals surface area contributed by atoms with Gasteiger partial charge < -0.3 is 10.1 Å². The Kier molecular flexibility index (Phi) is 5.76. The molecule has 0 fully saturated rings. The van der Waals surface area contributed by atoms with Crippen LogP contribution in [0, 0.1) is 20.8 Å². The average Bonchev–Trinajstić information content (AvgIpc) is 3.01. The molecule has 1 heterocycles. The Morgan fingerprint density at radius 1 is 0.906 bits per heavy atom. The third-order valence-corrected chi connectivity index (χ3v) is 5.99. The predicted octanol–water partition coefficient (Wildman–Crippen LogP) is 5.67. The first-order chi connectivity index (χ1) is 15.3. The number of hydrogen-bond donors (Lipinski definition) is 1. The van der Waals surface area contributed by atoms with Crippen LogP contribution in [0.3, 0.4) is 0 Å². The minimum Gasteiger partial charge on any atom is -0.496 e. The fourth-order valence-electron chi connectivity index (χ4n) is 3.89. The molecule has 1 N–H and O–H groups in total. The van der Waals surface area contributed by atoms with Gasteiger partial charge in [0.2, 0.25) is 0 Å². The number of ether oxygens (including phenoxy) is 1. The molecule has 0 spiro atoms. The molecule has 0 saturated heterocycles. The molecule has 3 aromatic carbocycles. The fourth-order valence-corrected chi connectivity index (χ4v) is 4.06. The lowest BCUT2D eigenvalue weighted by molar-refractivity contribution is -0.120. The number of para-hydroxylation sites is 1. The van der Waals surface area contributed by atoms with Crippen LogP contribution in [-0.2, 0) is 9.59 Å². The largest absolute Gasteiger partial charge is 0.496 e. The van der Waals surface area contributed by atoms with Gasteiger partial charge in [0, 0.05) is 16.3 Å². The molecule has 0 aromatic heterocycles. The number of imide groups is 1. The van der Waals surface area contributed by atoms with E-state index in [9.17, 15) is 9.59 Å². The van der Waals surface area contributed by atoms with Crippen molar-refractivity contribution in [1.29, 1.82) is 0 Å². The number of rotatable bonds is 5. The van der Waals surface area contributed by atoms with Crippen molar-refractivity contribution in [2.24, 2.45) is 0 Å². The number of aryl methyl sites for hydroxylation is 2. The van der Waals surface area contributed by atoms with Gasteiger partial charge in [0.25, 0.3) is 11.8 Å². The number of hydrogen-bond acceptors (Lipinski definition) is 4. The van der Waals surface area contributed by atoms with Crippen molar-refractivity contribution in [2.75, 3.05) is 17.3 Å². The van der Waals surface area contributed by atoms with Gasteiger partial charge in [0.15, 0.2) is 0 Å². The molecule has 0 unspecified atom stereocenters. The molecule has 1 aliphatic heterocycles. The topological polar surface area (TPSA) is 58.6 Å². The van der Waals surface area contributed by atoms with Gasteiger partial charge in [-0.25, -0.2) is 4.90 Å². The minimum atomic E-state index is -0.443. The molecule has 2 amide bonds. The van der Waals surface area contributed by atoms with Crippen LogP contribution in [0.2, 0.25) is 5.02 Å². The van der Waals surface area contributed by atoms with Crippen molar-refractivity contribution in [3.05, 3.63) is 93.6 Å². The van der Waals surface area contributed by atoms with Crippen LogP contribution in [0.15, 0.2) is 66.4 Å². The van der Waals surface area contributed by atoms with Gasteiger partial charge >= 0.3 is 0 Å². The first kappa shape index (κ1) is 21.7. The molecule has 0 radical (unpaired) electrons. The number of nitrogens with one attached hydrogen (secondary N) is 1. The van der Waals surface area contributed by atoms with E-state index in [4.69, 9.17) is 16.3 Å². The van der Waals surface area contributed by atoms with Gasteiger partial charge in [0.1, 0.15) is 11.4 Å². The summed E-state index contributed by atoms with van der Waals surface area (Å²) in [6.45, 7) is 5.75. The number of anilines is 2. The van der Waals surface area contributed by atoms with Crippen molar-refractivity contribution in [3.63, 3.8) is 0 Å². The normalized spacial score (nSPS) is 13.7. The molecule has 0 saturated carbocycles. The SMILES string of the molecule is COc1ccccc1C1=C(Nc2ccc(C)cc2C)C(=O)N(c2cccc(Cl)c2C)C1=O. The minimum absolute atomic E-state index is 0.200. The molecule has 0 bridgehead atoms. The summed E-state index contributed by atoms with van der Waals surface area (Å²) in [6.07, 6.45) is 0. The molecular weight excluding hydrogens is 424 g/mol. The number of benzene rings is 3. The monoisotopic (exact) mass is 446 g/mol.